The molecular weight excluding hydrogens is 141 g/mol. The molecule has 0 amide bonds. The van der Waals surface area contributed by atoms with Gasteiger partial charge in [0.15, 0.2) is 0 Å². The van der Waals surface area contributed by atoms with Crippen LogP contribution >= 0.6 is 0 Å². The average Bonchev–Trinajstić information content (AvgIpc) is 2.56. The molecule has 1 nitrogen and oxygen atoms in total. The molecular formula is C9H18FN. The fourth-order valence-electron chi connectivity index (χ4n) is 1.09. The summed E-state index contributed by atoms with van der Waals surface area (Å²) in [6, 6.07) is 0.527. The zero-order chi connectivity index (χ0) is 8.48. The third-order valence-electron chi connectivity index (χ3n) is 2.71. The Hall–Kier alpha value is -0.110. The lowest BCUT2D eigenvalue weighted by Crippen LogP contribution is -2.31. The van der Waals surface area contributed by atoms with Gasteiger partial charge in [-0.05, 0) is 19.8 Å². The highest BCUT2D eigenvalue weighted by atomic mass is 19.1. The van der Waals surface area contributed by atoms with Gasteiger partial charge in [-0.1, -0.05) is 13.8 Å². The third-order valence-corrected chi connectivity index (χ3v) is 2.71. The number of alkyl halides is 1. The van der Waals surface area contributed by atoms with Crippen LogP contribution in [0.2, 0.25) is 0 Å². The molecule has 0 aromatic heterocycles. The summed E-state index contributed by atoms with van der Waals surface area (Å²) in [7, 11) is 0. The molecule has 0 aromatic rings. The fraction of sp³-hybridized carbons (Fsp3) is 1.00. The van der Waals surface area contributed by atoms with Crippen molar-refractivity contribution in [1.29, 1.82) is 0 Å². The van der Waals surface area contributed by atoms with E-state index in [9.17, 15) is 4.39 Å². The Labute approximate surface area is 68.4 Å². The Morgan fingerprint density at radius 1 is 1.73 bits per heavy atom. The molecule has 0 bridgehead atoms. The van der Waals surface area contributed by atoms with Gasteiger partial charge < -0.3 is 5.32 Å². The Morgan fingerprint density at radius 3 is 2.64 bits per heavy atom. The van der Waals surface area contributed by atoms with Gasteiger partial charge in [-0.2, -0.15) is 0 Å². The minimum absolute atomic E-state index is 0.0383. The first-order chi connectivity index (χ1) is 5.08. The number of nitrogens with one attached hydrogen (secondary N) is 1. The van der Waals surface area contributed by atoms with E-state index in [4.69, 9.17) is 0 Å². The van der Waals surface area contributed by atoms with Gasteiger partial charge in [0.2, 0.25) is 0 Å². The van der Waals surface area contributed by atoms with Gasteiger partial charge in [-0.3, -0.25) is 0 Å². The van der Waals surface area contributed by atoms with Crippen molar-refractivity contribution in [3.05, 3.63) is 0 Å². The molecule has 0 aromatic carbocycles. The quantitative estimate of drug-likeness (QED) is 0.662. The Morgan fingerprint density at radius 2 is 2.27 bits per heavy atom. The van der Waals surface area contributed by atoms with E-state index in [1.807, 2.05) is 6.92 Å². The molecule has 0 radical (unpaired) electrons. The standard InChI is InChI=1S/C9H18FN/c1-4-7(2)11-6-9(3)5-8(9)10/h7-8,11H,4-6H2,1-3H3. The molecule has 3 atom stereocenters. The molecule has 1 aliphatic carbocycles. The van der Waals surface area contributed by atoms with E-state index in [0.717, 1.165) is 19.4 Å². The van der Waals surface area contributed by atoms with E-state index in [2.05, 4.69) is 19.2 Å². The number of hydrogen-bond donors (Lipinski definition) is 1. The third kappa shape index (κ3) is 2.16. The summed E-state index contributed by atoms with van der Waals surface area (Å²) in [6.45, 7) is 7.12. The fourth-order valence-corrected chi connectivity index (χ4v) is 1.09. The summed E-state index contributed by atoms with van der Waals surface area (Å²) in [5.41, 5.74) is -0.0383. The van der Waals surface area contributed by atoms with Gasteiger partial charge in [0.1, 0.15) is 6.17 Å². The molecule has 0 spiro atoms. The smallest absolute Gasteiger partial charge is 0.107 e. The van der Waals surface area contributed by atoms with Crippen LogP contribution in [0.15, 0.2) is 0 Å². The van der Waals surface area contributed by atoms with Crippen LogP contribution in [0.25, 0.3) is 0 Å². The second-order valence-corrected chi connectivity index (χ2v) is 4.02. The molecule has 0 saturated heterocycles. The van der Waals surface area contributed by atoms with Crippen LogP contribution in [-0.2, 0) is 0 Å². The highest BCUT2D eigenvalue weighted by Gasteiger charge is 2.50. The van der Waals surface area contributed by atoms with Crippen molar-refractivity contribution in [2.45, 2.75) is 45.8 Å². The largest absolute Gasteiger partial charge is 0.314 e. The molecule has 66 valence electrons. The predicted molar refractivity (Wildman–Crippen MR) is 45.4 cm³/mol. The van der Waals surface area contributed by atoms with Gasteiger partial charge in [0.05, 0.1) is 0 Å². The maximum Gasteiger partial charge on any atom is 0.107 e. The van der Waals surface area contributed by atoms with Crippen molar-refractivity contribution in [2.75, 3.05) is 6.54 Å². The summed E-state index contributed by atoms with van der Waals surface area (Å²) >= 11 is 0. The molecule has 3 unspecified atom stereocenters. The van der Waals surface area contributed by atoms with Crippen LogP contribution in [0.4, 0.5) is 4.39 Å². The highest BCUT2D eigenvalue weighted by Crippen LogP contribution is 2.47. The van der Waals surface area contributed by atoms with E-state index in [1.54, 1.807) is 0 Å². The van der Waals surface area contributed by atoms with Crippen LogP contribution in [0.5, 0.6) is 0 Å². The lowest BCUT2D eigenvalue weighted by molar-refractivity contribution is 0.349. The van der Waals surface area contributed by atoms with Crippen molar-refractivity contribution >= 4 is 0 Å². The lowest BCUT2D eigenvalue weighted by Gasteiger charge is -2.14. The van der Waals surface area contributed by atoms with Gasteiger partial charge in [-0.25, -0.2) is 4.39 Å². The van der Waals surface area contributed by atoms with Gasteiger partial charge in [0, 0.05) is 18.0 Å². The SMILES string of the molecule is CCC(C)NCC1(C)CC1F. The number of rotatable bonds is 4. The predicted octanol–water partition coefficient (Wildman–Crippen LogP) is 2.12. The normalized spacial score (nSPS) is 38.7. The van der Waals surface area contributed by atoms with Crippen LogP contribution in [0.1, 0.15) is 33.6 Å². The van der Waals surface area contributed by atoms with Gasteiger partial charge in [0.25, 0.3) is 0 Å². The Balaban J connectivity index is 2.13. The minimum Gasteiger partial charge on any atom is -0.314 e. The van der Waals surface area contributed by atoms with E-state index >= 15 is 0 Å². The van der Waals surface area contributed by atoms with E-state index in [1.165, 1.54) is 0 Å². The van der Waals surface area contributed by atoms with Crippen molar-refractivity contribution in [2.24, 2.45) is 5.41 Å². The van der Waals surface area contributed by atoms with Crippen LogP contribution in [-0.4, -0.2) is 18.8 Å². The highest BCUT2D eigenvalue weighted by molar-refractivity contribution is 5.01. The zero-order valence-electron chi connectivity index (χ0n) is 7.65. The summed E-state index contributed by atoms with van der Waals surface area (Å²) in [6.07, 6.45) is 1.31. The van der Waals surface area contributed by atoms with E-state index in [0.29, 0.717) is 6.04 Å². The van der Waals surface area contributed by atoms with Crippen LogP contribution in [0.3, 0.4) is 0 Å². The summed E-state index contributed by atoms with van der Waals surface area (Å²) in [5, 5.41) is 3.33. The topological polar surface area (TPSA) is 12.0 Å². The minimum atomic E-state index is -0.556. The van der Waals surface area contributed by atoms with E-state index < -0.39 is 6.17 Å². The molecule has 1 saturated carbocycles. The summed E-state index contributed by atoms with van der Waals surface area (Å²) in [4.78, 5) is 0. The average molecular weight is 159 g/mol. The molecule has 1 rings (SSSR count). The van der Waals surface area contributed by atoms with Crippen molar-refractivity contribution in [3.63, 3.8) is 0 Å². The van der Waals surface area contributed by atoms with E-state index in [-0.39, 0.29) is 5.41 Å². The molecule has 0 heterocycles. The summed E-state index contributed by atoms with van der Waals surface area (Å²) in [5.74, 6) is 0. The molecule has 1 aliphatic rings. The first-order valence-electron chi connectivity index (χ1n) is 4.46. The monoisotopic (exact) mass is 159 g/mol. The molecule has 11 heavy (non-hydrogen) atoms. The van der Waals surface area contributed by atoms with Crippen molar-refractivity contribution < 1.29 is 4.39 Å². The lowest BCUT2D eigenvalue weighted by atomic mass is 10.1. The van der Waals surface area contributed by atoms with Gasteiger partial charge in [-0.15, -0.1) is 0 Å². The maximum absolute atomic E-state index is 12.7. The molecule has 0 aliphatic heterocycles. The second-order valence-electron chi connectivity index (χ2n) is 4.02. The molecule has 1 fully saturated rings. The Kier molecular flexibility index (Phi) is 2.53. The zero-order valence-corrected chi connectivity index (χ0v) is 7.65. The van der Waals surface area contributed by atoms with Crippen LogP contribution in [0, 0.1) is 5.41 Å². The van der Waals surface area contributed by atoms with Crippen molar-refractivity contribution in [1.82, 2.24) is 5.32 Å². The Bertz CT molecular complexity index is 138. The molecule has 2 heteroatoms. The van der Waals surface area contributed by atoms with Crippen molar-refractivity contribution in [3.8, 4) is 0 Å². The maximum atomic E-state index is 12.7. The first kappa shape index (κ1) is 8.98. The van der Waals surface area contributed by atoms with Crippen LogP contribution < -0.4 is 5.32 Å². The number of hydrogen-bond acceptors (Lipinski definition) is 1. The first-order valence-corrected chi connectivity index (χ1v) is 4.46. The number of halogens is 1. The van der Waals surface area contributed by atoms with Gasteiger partial charge >= 0.3 is 0 Å². The second kappa shape index (κ2) is 3.10. The summed E-state index contributed by atoms with van der Waals surface area (Å²) < 4.78 is 12.7. The molecule has 1 N–H and O–H groups in total.